The van der Waals surface area contributed by atoms with E-state index in [0.29, 0.717) is 5.92 Å². The Morgan fingerprint density at radius 2 is 1.85 bits per heavy atom. The summed E-state index contributed by atoms with van der Waals surface area (Å²) in [7, 11) is 0. The van der Waals surface area contributed by atoms with E-state index in [1.54, 1.807) is 0 Å². The lowest BCUT2D eigenvalue weighted by Gasteiger charge is -2.12. The smallest absolute Gasteiger partial charge is 0.0664 e. The van der Waals surface area contributed by atoms with E-state index >= 15 is 0 Å². The van der Waals surface area contributed by atoms with Crippen LogP contribution >= 0.6 is 0 Å². The van der Waals surface area contributed by atoms with Gasteiger partial charge in [-0.1, -0.05) is 40.0 Å². The summed E-state index contributed by atoms with van der Waals surface area (Å²) in [5, 5.41) is 12.8. The Kier molecular flexibility index (Phi) is 8.46. The third kappa shape index (κ3) is 9.84. The minimum Gasteiger partial charge on any atom is -0.392 e. The minimum absolute atomic E-state index is 0.148. The molecular formula is C11H25NO. The zero-order valence-electron chi connectivity index (χ0n) is 9.34. The first-order chi connectivity index (χ1) is 6.16. The van der Waals surface area contributed by atoms with Crippen molar-refractivity contribution in [2.75, 3.05) is 13.1 Å². The number of aliphatic hydroxyl groups excluding tert-OH is 1. The summed E-state index contributed by atoms with van der Waals surface area (Å²) >= 11 is 0. The minimum atomic E-state index is -0.148. The van der Waals surface area contributed by atoms with Gasteiger partial charge in [0.15, 0.2) is 0 Å². The third-order valence-electron chi connectivity index (χ3n) is 2.07. The first-order valence-electron chi connectivity index (χ1n) is 5.55. The zero-order chi connectivity index (χ0) is 10.1. The fraction of sp³-hybridized carbons (Fsp3) is 1.00. The van der Waals surface area contributed by atoms with Crippen LogP contribution < -0.4 is 5.32 Å². The van der Waals surface area contributed by atoms with Crippen molar-refractivity contribution in [3.63, 3.8) is 0 Å². The van der Waals surface area contributed by atoms with Crippen molar-refractivity contribution in [2.45, 2.75) is 52.6 Å². The van der Waals surface area contributed by atoms with E-state index in [1.165, 1.54) is 12.8 Å². The monoisotopic (exact) mass is 187 g/mol. The van der Waals surface area contributed by atoms with Crippen LogP contribution in [-0.2, 0) is 0 Å². The van der Waals surface area contributed by atoms with E-state index in [4.69, 9.17) is 0 Å². The van der Waals surface area contributed by atoms with Crippen molar-refractivity contribution in [1.29, 1.82) is 0 Å². The molecule has 80 valence electrons. The normalized spacial score (nSPS) is 13.6. The van der Waals surface area contributed by atoms with Gasteiger partial charge in [0, 0.05) is 6.54 Å². The summed E-state index contributed by atoms with van der Waals surface area (Å²) in [5.41, 5.74) is 0. The lowest BCUT2D eigenvalue weighted by molar-refractivity contribution is 0.157. The van der Waals surface area contributed by atoms with Crippen molar-refractivity contribution >= 4 is 0 Å². The van der Waals surface area contributed by atoms with Crippen molar-refractivity contribution < 1.29 is 5.11 Å². The summed E-state index contributed by atoms with van der Waals surface area (Å²) in [6, 6.07) is 0. The van der Waals surface area contributed by atoms with Crippen LogP contribution in [0.15, 0.2) is 0 Å². The van der Waals surface area contributed by atoms with Crippen LogP contribution in [0.4, 0.5) is 0 Å². The molecule has 0 aliphatic heterocycles. The molecule has 0 spiro atoms. The van der Waals surface area contributed by atoms with Gasteiger partial charge < -0.3 is 10.4 Å². The molecule has 2 N–H and O–H groups in total. The van der Waals surface area contributed by atoms with Crippen molar-refractivity contribution in [3.05, 3.63) is 0 Å². The van der Waals surface area contributed by atoms with Crippen LogP contribution in [0.3, 0.4) is 0 Å². The predicted octanol–water partition coefficient (Wildman–Crippen LogP) is 2.17. The summed E-state index contributed by atoms with van der Waals surface area (Å²) in [6.45, 7) is 8.29. The number of unbranched alkanes of at least 4 members (excludes halogenated alkanes) is 2. The molecule has 0 aromatic rings. The SMILES string of the molecule is CCCCCC(O)CNCC(C)C. The molecule has 2 nitrogen and oxygen atoms in total. The standard InChI is InChI=1S/C11H25NO/c1-4-5-6-7-11(13)9-12-8-10(2)3/h10-13H,4-9H2,1-3H3. The maximum atomic E-state index is 9.53. The first-order valence-corrected chi connectivity index (χ1v) is 5.55. The van der Waals surface area contributed by atoms with Gasteiger partial charge in [0.1, 0.15) is 0 Å². The zero-order valence-corrected chi connectivity index (χ0v) is 9.34. The number of nitrogens with one attached hydrogen (secondary N) is 1. The Balaban J connectivity index is 3.15. The predicted molar refractivity (Wildman–Crippen MR) is 57.9 cm³/mol. The molecule has 0 aromatic carbocycles. The van der Waals surface area contributed by atoms with Gasteiger partial charge in [-0.15, -0.1) is 0 Å². The fourth-order valence-electron chi connectivity index (χ4n) is 1.27. The van der Waals surface area contributed by atoms with E-state index in [1.807, 2.05) is 0 Å². The van der Waals surface area contributed by atoms with Crippen LogP contribution in [0.1, 0.15) is 46.5 Å². The molecular weight excluding hydrogens is 162 g/mol. The molecule has 0 aliphatic rings. The van der Waals surface area contributed by atoms with E-state index in [9.17, 15) is 5.11 Å². The van der Waals surface area contributed by atoms with Crippen molar-refractivity contribution in [1.82, 2.24) is 5.32 Å². The Morgan fingerprint density at radius 3 is 2.38 bits per heavy atom. The molecule has 0 saturated heterocycles. The molecule has 2 heteroatoms. The number of aliphatic hydroxyl groups is 1. The van der Waals surface area contributed by atoms with Crippen LogP contribution in [-0.4, -0.2) is 24.3 Å². The first kappa shape index (κ1) is 12.9. The average Bonchev–Trinajstić information content (AvgIpc) is 2.04. The van der Waals surface area contributed by atoms with Gasteiger partial charge in [-0.25, -0.2) is 0 Å². The maximum absolute atomic E-state index is 9.53. The molecule has 0 bridgehead atoms. The highest BCUT2D eigenvalue weighted by Crippen LogP contribution is 2.02. The lowest BCUT2D eigenvalue weighted by Crippen LogP contribution is -2.29. The van der Waals surface area contributed by atoms with Crippen molar-refractivity contribution in [2.24, 2.45) is 5.92 Å². The van der Waals surface area contributed by atoms with Crippen molar-refractivity contribution in [3.8, 4) is 0 Å². The van der Waals surface area contributed by atoms with Crippen LogP contribution in [0.25, 0.3) is 0 Å². The van der Waals surface area contributed by atoms with Gasteiger partial charge in [0.25, 0.3) is 0 Å². The molecule has 1 atom stereocenters. The van der Waals surface area contributed by atoms with Gasteiger partial charge >= 0.3 is 0 Å². The van der Waals surface area contributed by atoms with E-state index in [0.717, 1.165) is 25.9 Å². The molecule has 0 fully saturated rings. The van der Waals surface area contributed by atoms with Gasteiger partial charge in [-0.3, -0.25) is 0 Å². The van der Waals surface area contributed by atoms with Gasteiger partial charge in [-0.05, 0) is 18.9 Å². The van der Waals surface area contributed by atoms with E-state index in [-0.39, 0.29) is 6.10 Å². The number of hydrogen-bond donors (Lipinski definition) is 2. The topological polar surface area (TPSA) is 32.3 Å². The summed E-state index contributed by atoms with van der Waals surface area (Å²) in [6.07, 6.45) is 4.41. The Morgan fingerprint density at radius 1 is 1.15 bits per heavy atom. The molecule has 0 aromatic heterocycles. The second-order valence-electron chi connectivity index (χ2n) is 4.20. The van der Waals surface area contributed by atoms with E-state index < -0.39 is 0 Å². The summed E-state index contributed by atoms with van der Waals surface area (Å²) in [5.74, 6) is 0.669. The number of rotatable bonds is 8. The summed E-state index contributed by atoms with van der Waals surface area (Å²) in [4.78, 5) is 0. The van der Waals surface area contributed by atoms with Crippen LogP contribution in [0.5, 0.6) is 0 Å². The van der Waals surface area contributed by atoms with Gasteiger partial charge in [0.05, 0.1) is 6.10 Å². The Bertz CT molecular complexity index is 104. The second-order valence-corrected chi connectivity index (χ2v) is 4.20. The molecule has 0 saturated carbocycles. The molecule has 0 amide bonds. The molecule has 13 heavy (non-hydrogen) atoms. The Hall–Kier alpha value is -0.0800. The number of hydrogen-bond acceptors (Lipinski definition) is 2. The molecule has 0 rings (SSSR count). The Labute approximate surface area is 82.7 Å². The highest BCUT2D eigenvalue weighted by Gasteiger charge is 2.02. The maximum Gasteiger partial charge on any atom is 0.0664 e. The van der Waals surface area contributed by atoms with Gasteiger partial charge in [0.2, 0.25) is 0 Å². The van der Waals surface area contributed by atoms with Crippen LogP contribution in [0.2, 0.25) is 0 Å². The fourth-order valence-corrected chi connectivity index (χ4v) is 1.27. The molecule has 0 radical (unpaired) electrons. The molecule has 0 aliphatic carbocycles. The summed E-state index contributed by atoms with van der Waals surface area (Å²) < 4.78 is 0. The van der Waals surface area contributed by atoms with Gasteiger partial charge in [-0.2, -0.15) is 0 Å². The molecule has 1 unspecified atom stereocenters. The second kappa shape index (κ2) is 8.52. The van der Waals surface area contributed by atoms with Crippen LogP contribution in [0, 0.1) is 5.92 Å². The van der Waals surface area contributed by atoms with E-state index in [2.05, 4.69) is 26.1 Å². The lowest BCUT2D eigenvalue weighted by atomic mass is 10.1. The highest BCUT2D eigenvalue weighted by atomic mass is 16.3. The third-order valence-corrected chi connectivity index (χ3v) is 2.07. The highest BCUT2D eigenvalue weighted by molar-refractivity contribution is 4.60. The largest absolute Gasteiger partial charge is 0.392 e. The molecule has 0 heterocycles. The average molecular weight is 187 g/mol. The quantitative estimate of drug-likeness (QED) is 0.571.